The molecular formula is C16H21FN4O3. The Hall–Kier alpha value is -1.90. The number of amides is 1. The molecule has 1 aromatic rings. The van der Waals surface area contributed by atoms with Crippen LogP contribution in [0.15, 0.2) is 18.2 Å². The van der Waals surface area contributed by atoms with Gasteiger partial charge < -0.3 is 25.4 Å². The molecule has 3 unspecified atom stereocenters. The number of carbonyl (C=O) groups is 1. The van der Waals surface area contributed by atoms with Gasteiger partial charge in [0.15, 0.2) is 0 Å². The summed E-state index contributed by atoms with van der Waals surface area (Å²) in [5.74, 6) is -0.352. The molecule has 1 aromatic carbocycles. The smallest absolute Gasteiger partial charge is 0.414 e. The Morgan fingerprint density at radius 1 is 1.33 bits per heavy atom. The van der Waals surface area contributed by atoms with Crippen molar-refractivity contribution in [3.8, 4) is 0 Å². The SMILES string of the molecule is NCC1CN(c2ccc(N3CC4NCCOC4C3)c(F)c2)C(=O)O1. The van der Waals surface area contributed by atoms with Gasteiger partial charge in [0, 0.05) is 26.2 Å². The quantitative estimate of drug-likeness (QED) is 0.826. The molecule has 3 fully saturated rings. The number of anilines is 2. The number of hydrogen-bond acceptors (Lipinski definition) is 6. The van der Waals surface area contributed by atoms with Crippen LogP contribution in [0.4, 0.5) is 20.6 Å². The van der Waals surface area contributed by atoms with Crippen LogP contribution in [0.1, 0.15) is 0 Å². The van der Waals surface area contributed by atoms with Gasteiger partial charge in [-0.3, -0.25) is 4.90 Å². The Labute approximate surface area is 139 Å². The molecule has 8 heteroatoms. The number of morpholine rings is 1. The second-order valence-electron chi connectivity index (χ2n) is 6.36. The maximum absolute atomic E-state index is 14.6. The maximum Gasteiger partial charge on any atom is 0.414 e. The van der Waals surface area contributed by atoms with Gasteiger partial charge in [-0.2, -0.15) is 0 Å². The van der Waals surface area contributed by atoms with Crippen molar-refractivity contribution in [2.75, 3.05) is 49.1 Å². The molecule has 0 aliphatic carbocycles. The van der Waals surface area contributed by atoms with Gasteiger partial charge in [-0.05, 0) is 18.2 Å². The van der Waals surface area contributed by atoms with E-state index in [1.807, 2.05) is 4.90 Å². The van der Waals surface area contributed by atoms with Crippen molar-refractivity contribution in [3.05, 3.63) is 24.0 Å². The van der Waals surface area contributed by atoms with Gasteiger partial charge in [0.2, 0.25) is 0 Å². The first kappa shape index (κ1) is 15.6. The van der Waals surface area contributed by atoms with E-state index in [0.717, 1.165) is 6.54 Å². The number of nitrogens with two attached hydrogens (primary N) is 1. The Morgan fingerprint density at radius 3 is 2.92 bits per heavy atom. The van der Waals surface area contributed by atoms with Gasteiger partial charge in [0.05, 0.1) is 36.7 Å². The number of nitrogens with one attached hydrogen (secondary N) is 1. The molecule has 3 atom stereocenters. The summed E-state index contributed by atoms with van der Waals surface area (Å²) < 4.78 is 25.5. The van der Waals surface area contributed by atoms with Crippen LogP contribution in [-0.4, -0.2) is 63.7 Å². The van der Waals surface area contributed by atoms with Crippen LogP contribution >= 0.6 is 0 Å². The van der Waals surface area contributed by atoms with E-state index >= 15 is 0 Å². The Balaban J connectivity index is 1.51. The Bertz CT molecular complexity index is 630. The molecule has 0 radical (unpaired) electrons. The minimum Gasteiger partial charge on any atom is -0.443 e. The van der Waals surface area contributed by atoms with Crippen LogP contribution < -0.4 is 20.9 Å². The zero-order valence-electron chi connectivity index (χ0n) is 13.3. The second-order valence-corrected chi connectivity index (χ2v) is 6.36. The predicted octanol–water partition coefficient (Wildman–Crippen LogP) is 0.287. The minimum atomic E-state index is -0.484. The average Bonchev–Trinajstić information content (AvgIpc) is 3.17. The van der Waals surface area contributed by atoms with Gasteiger partial charge in [-0.1, -0.05) is 0 Å². The second kappa shape index (κ2) is 6.19. The molecule has 3 aliphatic rings. The summed E-state index contributed by atoms with van der Waals surface area (Å²) in [6.07, 6.45) is -0.732. The third kappa shape index (κ3) is 2.70. The number of fused-ring (bicyclic) bond motifs is 1. The van der Waals surface area contributed by atoms with Crippen molar-refractivity contribution < 1.29 is 18.7 Å². The van der Waals surface area contributed by atoms with E-state index in [9.17, 15) is 9.18 Å². The lowest BCUT2D eigenvalue weighted by molar-refractivity contribution is 0.0212. The summed E-state index contributed by atoms with van der Waals surface area (Å²) in [4.78, 5) is 15.3. The molecule has 3 N–H and O–H groups in total. The third-order valence-electron chi connectivity index (χ3n) is 4.83. The van der Waals surface area contributed by atoms with Crippen LogP contribution in [0.3, 0.4) is 0 Å². The normalized spacial score (nSPS) is 29.8. The van der Waals surface area contributed by atoms with Gasteiger partial charge in [-0.15, -0.1) is 0 Å². The van der Waals surface area contributed by atoms with E-state index in [1.54, 1.807) is 12.1 Å². The molecule has 3 saturated heterocycles. The standard InChI is InChI=1S/C16H21FN4O3/c17-12-5-10(21-7-11(6-18)24-16(21)22)1-2-14(12)20-8-13-15(9-20)23-4-3-19-13/h1-2,5,11,13,15,19H,3-4,6-9,18H2. The van der Waals surface area contributed by atoms with E-state index in [2.05, 4.69) is 5.32 Å². The number of hydrogen-bond donors (Lipinski definition) is 2. The molecular weight excluding hydrogens is 315 g/mol. The number of ether oxygens (including phenoxy) is 2. The highest BCUT2D eigenvalue weighted by Gasteiger charge is 2.37. The van der Waals surface area contributed by atoms with Crippen molar-refractivity contribution in [1.82, 2.24) is 5.32 Å². The molecule has 7 nitrogen and oxygen atoms in total. The van der Waals surface area contributed by atoms with Crippen LogP contribution in [0, 0.1) is 5.82 Å². The lowest BCUT2D eigenvalue weighted by Gasteiger charge is -2.25. The average molecular weight is 336 g/mol. The molecule has 3 aliphatic heterocycles. The monoisotopic (exact) mass is 336 g/mol. The van der Waals surface area contributed by atoms with Crippen molar-refractivity contribution in [2.24, 2.45) is 5.73 Å². The van der Waals surface area contributed by atoms with Gasteiger partial charge in [0.25, 0.3) is 0 Å². The predicted molar refractivity (Wildman–Crippen MR) is 86.8 cm³/mol. The summed E-state index contributed by atoms with van der Waals surface area (Å²) in [7, 11) is 0. The molecule has 130 valence electrons. The molecule has 0 bridgehead atoms. The van der Waals surface area contributed by atoms with Crippen molar-refractivity contribution in [3.63, 3.8) is 0 Å². The number of halogens is 1. The first-order valence-electron chi connectivity index (χ1n) is 8.23. The molecule has 1 amide bonds. The number of nitrogens with zero attached hydrogens (tertiary/aromatic N) is 2. The molecule has 24 heavy (non-hydrogen) atoms. The number of cyclic esters (lactones) is 1. The zero-order valence-corrected chi connectivity index (χ0v) is 13.3. The maximum atomic E-state index is 14.6. The Kier molecular flexibility index (Phi) is 4.03. The summed E-state index contributed by atoms with van der Waals surface area (Å²) in [6.45, 7) is 3.49. The summed E-state index contributed by atoms with van der Waals surface area (Å²) >= 11 is 0. The van der Waals surface area contributed by atoms with Gasteiger partial charge in [-0.25, -0.2) is 9.18 Å². The summed E-state index contributed by atoms with van der Waals surface area (Å²) in [5, 5.41) is 3.40. The van der Waals surface area contributed by atoms with Crippen molar-refractivity contribution in [2.45, 2.75) is 18.2 Å². The lowest BCUT2D eigenvalue weighted by atomic mass is 10.2. The zero-order chi connectivity index (χ0) is 16.7. The fourth-order valence-electron chi connectivity index (χ4n) is 3.57. The molecule has 0 spiro atoms. The fourth-order valence-corrected chi connectivity index (χ4v) is 3.57. The van der Waals surface area contributed by atoms with Gasteiger partial charge in [0.1, 0.15) is 11.9 Å². The highest BCUT2D eigenvalue weighted by atomic mass is 19.1. The first-order chi connectivity index (χ1) is 11.7. The van der Waals surface area contributed by atoms with E-state index in [0.29, 0.717) is 37.6 Å². The van der Waals surface area contributed by atoms with E-state index < -0.39 is 6.09 Å². The van der Waals surface area contributed by atoms with E-state index in [4.69, 9.17) is 15.2 Å². The summed E-state index contributed by atoms with van der Waals surface area (Å²) in [5.41, 5.74) is 6.55. The third-order valence-corrected chi connectivity index (χ3v) is 4.83. The van der Waals surface area contributed by atoms with E-state index in [1.165, 1.54) is 11.0 Å². The fraction of sp³-hybridized carbons (Fsp3) is 0.562. The topological polar surface area (TPSA) is 80.1 Å². The summed E-state index contributed by atoms with van der Waals surface area (Å²) in [6, 6.07) is 5.07. The molecule has 4 rings (SSSR count). The Morgan fingerprint density at radius 2 is 2.21 bits per heavy atom. The van der Waals surface area contributed by atoms with Crippen molar-refractivity contribution in [1.29, 1.82) is 0 Å². The van der Waals surface area contributed by atoms with Crippen molar-refractivity contribution >= 4 is 17.5 Å². The lowest BCUT2D eigenvalue weighted by Crippen LogP contribution is -2.47. The molecule has 0 aromatic heterocycles. The van der Waals surface area contributed by atoms with Crippen LogP contribution in [0.2, 0.25) is 0 Å². The molecule has 3 heterocycles. The van der Waals surface area contributed by atoms with Crippen LogP contribution in [-0.2, 0) is 9.47 Å². The first-order valence-corrected chi connectivity index (χ1v) is 8.23. The number of benzene rings is 1. The highest BCUT2D eigenvalue weighted by molar-refractivity contribution is 5.90. The number of rotatable bonds is 3. The highest BCUT2D eigenvalue weighted by Crippen LogP contribution is 2.30. The number of carbonyl (C=O) groups excluding carboxylic acids is 1. The molecule has 0 saturated carbocycles. The van der Waals surface area contributed by atoms with Crippen LogP contribution in [0.5, 0.6) is 0 Å². The van der Waals surface area contributed by atoms with Gasteiger partial charge >= 0.3 is 6.09 Å². The minimum absolute atomic E-state index is 0.0942. The largest absolute Gasteiger partial charge is 0.443 e. The van der Waals surface area contributed by atoms with E-state index in [-0.39, 0.29) is 30.6 Å². The van der Waals surface area contributed by atoms with Crippen LogP contribution in [0.25, 0.3) is 0 Å².